The third-order valence-corrected chi connectivity index (χ3v) is 3.19. The zero-order chi connectivity index (χ0) is 13.9. The van der Waals surface area contributed by atoms with E-state index < -0.39 is 0 Å². The second-order valence-corrected chi connectivity index (χ2v) is 4.75. The smallest absolute Gasteiger partial charge is 0.231 e. The van der Waals surface area contributed by atoms with Crippen molar-refractivity contribution in [1.82, 2.24) is 5.32 Å². The average molecular weight is 271 g/mol. The van der Waals surface area contributed by atoms with E-state index in [9.17, 15) is 0 Å². The van der Waals surface area contributed by atoms with Crippen molar-refractivity contribution >= 4 is 0 Å². The van der Waals surface area contributed by atoms with E-state index in [0.717, 1.165) is 35.1 Å². The van der Waals surface area contributed by atoms with Gasteiger partial charge in [-0.1, -0.05) is 12.1 Å². The van der Waals surface area contributed by atoms with Crippen molar-refractivity contribution in [3.05, 3.63) is 47.5 Å². The topological polar surface area (TPSA) is 39.7 Å². The molecule has 0 bridgehead atoms. The summed E-state index contributed by atoms with van der Waals surface area (Å²) in [6.45, 7) is 3.17. The minimum Gasteiger partial charge on any atom is -0.457 e. The van der Waals surface area contributed by atoms with Crippen LogP contribution >= 0.6 is 0 Å². The largest absolute Gasteiger partial charge is 0.457 e. The lowest BCUT2D eigenvalue weighted by atomic mass is 10.1. The second kappa shape index (κ2) is 5.43. The Hall–Kier alpha value is -2.20. The SMILES string of the molecule is CNCc1ccc(Oc2ccc3c(c2)OCO3)c(C)c1. The first-order chi connectivity index (χ1) is 9.76. The van der Waals surface area contributed by atoms with Crippen LogP contribution in [-0.2, 0) is 6.54 Å². The number of fused-ring (bicyclic) bond motifs is 1. The molecule has 2 aromatic carbocycles. The molecule has 1 heterocycles. The lowest BCUT2D eigenvalue weighted by Gasteiger charge is -2.10. The van der Waals surface area contributed by atoms with Crippen molar-refractivity contribution in [2.24, 2.45) is 0 Å². The summed E-state index contributed by atoms with van der Waals surface area (Å²) in [6.07, 6.45) is 0. The molecule has 1 aliphatic rings. The van der Waals surface area contributed by atoms with Crippen LogP contribution < -0.4 is 19.5 Å². The molecule has 0 aromatic heterocycles. The summed E-state index contributed by atoms with van der Waals surface area (Å²) in [5.74, 6) is 3.09. The first-order valence-corrected chi connectivity index (χ1v) is 6.58. The number of hydrogen-bond donors (Lipinski definition) is 1. The second-order valence-electron chi connectivity index (χ2n) is 4.75. The molecular formula is C16H17NO3. The van der Waals surface area contributed by atoms with Crippen LogP contribution in [0.15, 0.2) is 36.4 Å². The van der Waals surface area contributed by atoms with Gasteiger partial charge in [0.1, 0.15) is 11.5 Å². The Labute approximate surface area is 118 Å². The maximum absolute atomic E-state index is 5.91. The van der Waals surface area contributed by atoms with Gasteiger partial charge in [0.15, 0.2) is 11.5 Å². The van der Waals surface area contributed by atoms with E-state index in [1.165, 1.54) is 5.56 Å². The Morgan fingerprint density at radius 2 is 1.95 bits per heavy atom. The highest BCUT2D eigenvalue weighted by Gasteiger charge is 2.14. The van der Waals surface area contributed by atoms with Crippen molar-refractivity contribution < 1.29 is 14.2 Å². The Morgan fingerprint density at radius 1 is 1.10 bits per heavy atom. The summed E-state index contributed by atoms with van der Waals surface area (Å²) in [5.41, 5.74) is 2.35. The molecule has 0 spiro atoms. The molecule has 0 aliphatic carbocycles. The minimum atomic E-state index is 0.274. The lowest BCUT2D eigenvalue weighted by Crippen LogP contribution is -2.05. The molecule has 3 rings (SSSR count). The number of hydrogen-bond acceptors (Lipinski definition) is 4. The Kier molecular flexibility index (Phi) is 3.48. The average Bonchev–Trinajstić information content (AvgIpc) is 2.90. The van der Waals surface area contributed by atoms with Gasteiger partial charge in [0.25, 0.3) is 0 Å². The summed E-state index contributed by atoms with van der Waals surface area (Å²) in [5, 5.41) is 3.14. The monoisotopic (exact) mass is 271 g/mol. The van der Waals surface area contributed by atoms with Gasteiger partial charge in [-0.15, -0.1) is 0 Å². The van der Waals surface area contributed by atoms with Crippen molar-refractivity contribution in [3.8, 4) is 23.0 Å². The first kappa shape index (κ1) is 12.8. The normalized spacial score (nSPS) is 12.5. The van der Waals surface area contributed by atoms with Crippen LogP contribution in [0.4, 0.5) is 0 Å². The number of benzene rings is 2. The summed E-state index contributed by atoms with van der Waals surface area (Å²) >= 11 is 0. The third kappa shape index (κ3) is 2.56. The van der Waals surface area contributed by atoms with Gasteiger partial charge in [-0.3, -0.25) is 0 Å². The van der Waals surface area contributed by atoms with Gasteiger partial charge in [0.05, 0.1) is 0 Å². The van der Waals surface area contributed by atoms with Crippen LogP contribution in [0, 0.1) is 6.92 Å². The van der Waals surface area contributed by atoms with Crippen LogP contribution in [0.1, 0.15) is 11.1 Å². The third-order valence-electron chi connectivity index (χ3n) is 3.19. The number of rotatable bonds is 4. The van der Waals surface area contributed by atoms with E-state index in [1.807, 2.05) is 38.2 Å². The predicted molar refractivity (Wildman–Crippen MR) is 76.6 cm³/mol. The molecule has 4 nitrogen and oxygen atoms in total. The standard InChI is InChI=1S/C16H17NO3/c1-11-7-12(9-17-2)3-5-14(11)20-13-4-6-15-16(8-13)19-10-18-15/h3-8,17H,9-10H2,1-2H3. The Balaban J connectivity index is 1.80. The maximum Gasteiger partial charge on any atom is 0.231 e. The summed E-state index contributed by atoms with van der Waals surface area (Å²) in [4.78, 5) is 0. The van der Waals surface area contributed by atoms with Gasteiger partial charge in [-0.2, -0.15) is 0 Å². The molecule has 0 radical (unpaired) electrons. The Morgan fingerprint density at radius 3 is 2.75 bits per heavy atom. The van der Waals surface area contributed by atoms with Crippen molar-refractivity contribution in [3.63, 3.8) is 0 Å². The molecule has 104 valence electrons. The van der Waals surface area contributed by atoms with Gasteiger partial charge in [-0.25, -0.2) is 0 Å². The molecule has 0 atom stereocenters. The van der Waals surface area contributed by atoms with E-state index in [-0.39, 0.29) is 6.79 Å². The number of nitrogens with one attached hydrogen (secondary N) is 1. The predicted octanol–water partition coefficient (Wildman–Crippen LogP) is 3.24. The van der Waals surface area contributed by atoms with Gasteiger partial charge >= 0.3 is 0 Å². The van der Waals surface area contributed by atoms with E-state index >= 15 is 0 Å². The molecule has 20 heavy (non-hydrogen) atoms. The van der Waals surface area contributed by atoms with Gasteiger partial charge in [0.2, 0.25) is 6.79 Å². The van der Waals surface area contributed by atoms with Gasteiger partial charge in [0, 0.05) is 12.6 Å². The molecular weight excluding hydrogens is 254 g/mol. The molecule has 4 heteroatoms. The number of aryl methyl sites for hydroxylation is 1. The summed E-state index contributed by atoms with van der Waals surface area (Å²) in [6, 6.07) is 11.8. The van der Waals surface area contributed by atoms with Crippen molar-refractivity contribution in [2.75, 3.05) is 13.8 Å². The zero-order valence-corrected chi connectivity index (χ0v) is 11.6. The van der Waals surface area contributed by atoms with Crippen molar-refractivity contribution in [2.45, 2.75) is 13.5 Å². The fraction of sp³-hybridized carbons (Fsp3) is 0.250. The molecule has 0 unspecified atom stereocenters. The van der Waals surface area contributed by atoms with E-state index in [4.69, 9.17) is 14.2 Å². The molecule has 2 aromatic rings. The van der Waals surface area contributed by atoms with E-state index in [2.05, 4.69) is 17.4 Å². The van der Waals surface area contributed by atoms with Gasteiger partial charge in [-0.05, 0) is 43.3 Å². The molecule has 0 saturated heterocycles. The highest BCUT2D eigenvalue weighted by Crippen LogP contribution is 2.37. The Bertz CT molecular complexity index is 625. The van der Waals surface area contributed by atoms with Crippen molar-refractivity contribution in [1.29, 1.82) is 0 Å². The summed E-state index contributed by atoms with van der Waals surface area (Å²) in [7, 11) is 1.94. The lowest BCUT2D eigenvalue weighted by molar-refractivity contribution is 0.174. The highest BCUT2D eigenvalue weighted by atomic mass is 16.7. The summed E-state index contributed by atoms with van der Waals surface area (Å²) < 4.78 is 16.5. The number of ether oxygens (including phenoxy) is 3. The van der Waals surface area contributed by atoms with Crippen LogP contribution in [0.25, 0.3) is 0 Å². The van der Waals surface area contributed by atoms with Crippen LogP contribution in [0.3, 0.4) is 0 Å². The van der Waals surface area contributed by atoms with E-state index in [1.54, 1.807) is 0 Å². The quantitative estimate of drug-likeness (QED) is 0.926. The zero-order valence-electron chi connectivity index (χ0n) is 11.6. The minimum absolute atomic E-state index is 0.274. The molecule has 0 fully saturated rings. The maximum atomic E-state index is 5.91. The molecule has 1 N–H and O–H groups in total. The van der Waals surface area contributed by atoms with E-state index in [0.29, 0.717) is 0 Å². The van der Waals surface area contributed by atoms with Crippen LogP contribution in [0.5, 0.6) is 23.0 Å². The fourth-order valence-corrected chi connectivity index (χ4v) is 2.21. The van der Waals surface area contributed by atoms with Crippen LogP contribution in [-0.4, -0.2) is 13.8 Å². The molecule has 0 amide bonds. The first-order valence-electron chi connectivity index (χ1n) is 6.58. The molecule has 1 aliphatic heterocycles. The van der Waals surface area contributed by atoms with Crippen LogP contribution in [0.2, 0.25) is 0 Å². The van der Waals surface area contributed by atoms with Gasteiger partial charge < -0.3 is 19.5 Å². The highest BCUT2D eigenvalue weighted by molar-refractivity contribution is 5.48. The molecule has 0 saturated carbocycles. The fourth-order valence-electron chi connectivity index (χ4n) is 2.21.